The molecule has 2 rings (SSSR count). The number of hydrogen-bond acceptors (Lipinski definition) is 5. The van der Waals surface area contributed by atoms with Gasteiger partial charge < -0.3 is 5.32 Å². The van der Waals surface area contributed by atoms with Crippen molar-refractivity contribution >= 4 is 11.9 Å². The number of carbonyl (C=O) groups is 1. The number of nitrogens with zero attached hydrogens (tertiary/aromatic N) is 3. The number of nitrogens with one attached hydrogen (secondary N) is 2. The molecule has 0 aromatic carbocycles. The van der Waals surface area contributed by atoms with E-state index in [1.165, 1.54) is 0 Å². The van der Waals surface area contributed by atoms with E-state index in [0.29, 0.717) is 5.95 Å². The van der Waals surface area contributed by atoms with E-state index in [1.54, 1.807) is 0 Å². The molecule has 110 valence electrons. The topological polar surface area (TPSA) is 79.8 Å². The lowest BCUT2D eigenvalue weighted by molar-refractivity contribution is -0.124. The summed E-state index contributed by atoms with van der Waals surface area (Å²) in [5, 5.41) is 14.3. The molecule has 1 fully saturated rings. The van der Waals surface area contributed by atoms with Crippen molar-refractivity contribution in [3.05, 3.63) is 11.4 Å². The Hall–Kier alpha value is -1.56. The monoisotopic (exact) mass is 277 g/mol. The van der Waals surface area contributed by atoms with Crippen LogP contribution in [0.3, 0.4) is 0 Å². The molecular formula is C14H23N5O. The molecule has 2 N–H and O–H groups in total. The van der Waals surface area contributed by atoms with Gasteiger partial charge in [-0.3, -0.25) is 10.1 Å². The molecule has 0 aliphatic carbocycles. The molecule has 6 heteroatoms. The van der Waals surface area contributed by atoms with E-state index in [9.17, 15) is 4.79 Å². The summed E-state index contributed by atoms with van der Waals surface area (Å²) >= 11 is 0. The first-order chi connectivity index (χ1) is 9.65. The van der Waals surface area contributed by atoms with Crippen LogP contribution >= 0.6 is 0 Å². The summed E-state index contributed by atoms with van der Waals surface area (Å²) in [6.45, 7) is 7.71. The third-order valence-corrected chi connectivity index (χ3v) is 4.14. The van der Waals surface area contributed by atoms with E-state index in [-0.39, 0.29) is 11.3 Å². The van der Waals surface area contributed by atoms with Gasteiger partial charge in [0.1, 0.15) is 0 Å². The lowest BCUT2D eigenvalue weighted by Gasteiger charge is -2.24. The molecule has 0 radical (unpaired) electrons. The fourth-order valence-electron chi connectivity index (χ4n) is 2.62. The largest absolute Gasteiger partial charge is 0.316 e. The van der Waals surface area contributed by atoms with Gasteiger partial charge >= 0.3 is 0 Å². The predicted molar refractivity (Wildman–Crippen MR) is 77.4 cm³/mol. The van der Waals surface area contributed by atoms with E-state index in [2.05, 4.69) is 25.8 Å². The molecule has 1 aliphatic heterocycles. The Morgan fingerprint density at radius 3 is 2.55 bits per heavy atom. The minimum Gasteiger partial charge on any atom is -0.316 e. The van der Waals surface area contributed by atoms with Crippen LogP contribution in [0.5, 0.6) is 0 Å². The summed E-state index contributed by atoms with van der Waals surface area (Å²) in [5.74, 6) is 0.321. The minimum absolute atomic E-state index is 0.00176. The second kappa shape index (κ2) is 6.26. The molecule has 0 bridgehead atoms. The molecule has 1 saturated heterocycles. The van der Waals surface area contributed by atoms with Gasteiger partial charge in [0.25, 0.3) is 0 Å². The van der Waals surface area contributed by atoms with E-state index < -0.39 is 0 Å². The first kappa shape index (κ1) is 14.8. The third-order valence-electron chi connectivity index (χ3n) is 4.14. The Morgan fingerprint density at radius 1 is 1.25 bits per heavy atom. The van der Waals surface area contributed by atoms with E-state index in [0.717, 1.165) is 50.2 Å². The summed E-state index contributed by atoms with van der Waals surface area (Å²) in [6.07, 6.45) is 3.27. The first-order valence-corrected chi connectivity index (χ1v) is 7.39. The quantitative estimate of drug-likeness (QED) is 0.848. The van der Waals surface area contributed by atoms with Crippen LogP contribution in [0.15, 0.2) is 0 Å². The van der Waals surface area contributed by atoms with Crippen molar-refractivity contribution in [2.75, 3.05) is 18.4 Å². The van der Waals surface area contributed by atoms with Gasteiger partial charge in [-0.15, -0.1) is 10.2 Å². The zero-order valence-electron chi connectivity index (χ0n) is 12.5. The molecule has 1 atom stereocenters. The highest BCUT2D eigenvalue weighted by Gasteiger charge is 2.39. The third kappa shape index (κ3) is 2.80. The fraction of sp³-hybridized carbons (Fsp3) is 0.714. The van der Waals surface area contributed by atoms with Crippen LogP contribution < -0.4 is 10.6 Å². The Kier molecular flexibility index (Phi) is 4.65. The summed E-state index contributed by atoms with van der Waals surface area (Å²) < 4.78 is 0. The maximum atomic E-state index is 12.5. The van der Waals surface area contributed by atoms with Crippen molar-refractivity contribution in [3.8, 4) is 0 Å². The molecule has 0 spiro atoms. The number of rotatable bonds is 5. The van der Waals surface area contributed by atoms with Gasteiger partial charge in [-0.05, 0) is 32.2 Å². The Morgan fingerprint density at radius 2 is 2.00 bits per heavy atom. The summed E-state index contributed by atoms with van der Waals surface area (Å²) in [7, 11) is 0. The van der Waals surface area contributed by atoms with Gasteiger partial charge in [-0.2, -0.15) is 0 Å². The summed E-state index contributed by atoms with van der Waals surface area (Å²) in [5.41, 5.74) is 1.48. The predicted octanol–water partition coefficient (Wildman–Crippen LogP) is 1.32. The number of amides is 1. The zero-order chi connectivity index (χ0) is 14.6. The van der Waals surface area contributed by atoms with Crippen molar-refractivity contribution in [1.29, 1.82) is 0 Å². The smallest absolute Gasteiger partial charge is 0.249 e. The average molecular weight is 277 g/mol. The molecule has 6 nitrogen and oxygen atoms in total. The van der Waals surface area contributed by atoms with Gasteiger partial charge in [0.2, 0.25) is 11.9 Å². The van der Waals surface area contributed by atoms with E-state index in [1.807, 2.05) is 20.8 Å². The van der Waals surface area contributed by atoms with Crippen LogP contribution in [0.4, 0.5) is 5.95 Å². The number of aryl methyl sites for hydroxylation is 2. The van der Waals surface area contributed by atoms with Crippen molar-refractivity contribution in [3.63, 3.8) is 0 Å². The molecule has 1 aromatic rings. The van der Waals surface area contributed by atoms with Crippen LogP contribution in [0.25, 0.3) is 0 Å². The highest BCUT2D eigenvalue weighted by molar-refractivity contribution is 5.94. The second-order valence-electron chi connectivity index (χ2n) is 5.25. The first-order valence-electron chi connectivity index (χ1n) is 7.39. The molecule has 0 saturated carbocycles. The summed E-state index contributed by atoms with van der Waals surface area (Å²) in [6, 6.07) is 0. The normalized spacial score (nSPS) is 21.9. The Bertz CT molecular complexity index is 482. The van der Waals surface area contributed by atoms with Crippen molar-refractivity contribution in [2.24, 2.45) is 5.41 Å². The van der Waals surface area contributed by atoms with Crippen LogP contribution in [-0.4, -0.2) is 34.2 Å². The number of aromatic nitrogens is 3. The molecule has 1 aromatic heterocycles. The van der Waals surface area contributed by atoms with Crippen LogP contribution in [0.2, 0.25) is 0 Å². The fourth-order valence-corrected chi connectivity index (χ4v) is 2.62. The van der Waals surface area contributed by atoms with Gasteiger partial charge in [-0.25, -0.2) is 4.98 Å². The van der Waals surface area contributed by atoms with Gasteiger partial charge in [-0.1, -0.05) is 20.8 Å². The average Bonchev–Trinajstić information content (AvgIpc) is 2.97. The number of anilines is 1. The van der Waals surface area contributed by atoms with Crippen LogP contribution in [0.1, 0.15) is 45.0 Å². The minimum atomic E-state index is -0.334. The molecule has 20 heavy (non-hydrogen) atoms. The maximum absolute atomic E-state index is 12.5. The molecule has 1 unspecified atom stereocenters. The lowest BCUT2D eigenvalue weighted by Crippen LogP contribution is -2.38. The van der Waals surface area contributed by atoms with E-state index in [4.69, 9.17) is 0 Å². The van der Waals surface area contributed by atoms with Gasteiger partial charge in [0.15, 0.2) is 0 Å². The number of carbonyl (C=O) groups excluding carboxylic acids is 1. The number of hydrogen-bond donors (Lipinski definition) is 2. The highest BCUT2D eigenvalue weighted by Crippen LogP contribution is 2.30. The van der Waals surface area contributed by atoms with Crippen LogP contribution in [0, 0.1) is 5.41 Å². The SMILES string of the molecule is CCc1nnc(NC(=O)C2(CC)CCNC2)nc1CC. The van der Waals surface area contributed by atoms with Crippen molar-refractivity contribution in [1.82, 2.24) is 20.5 Å². The molecule has 2 heterocycles. The van der Waals surface area contributed by atoms with Gasteiger partial charge in [0, 0.05) is 6.54 Å². The van der Waals surface area contributed by atoms with Crippen molar-refractivity contribution in [2.45, 2.75) is 46.5 Å². The molecule has 1 amide bonds. The van der Waals surface area contributed by atoms with E-state index >= 15 is 0 Å². The van der Waals surface area contributed by atoms with Crippen molar-refractivity contribution < 1.29 is 4.79 Å². The lowest BCUT2D eigenvalue weighted by atomic mass is 9.83. The molecular weight excluding hydrogens is 254 g/mol. The van der Waals surface area contributed by atoms with Crippen LogP contribution in [-0.2, 0) is 17.6 Å². The Balaban J connectivity index is 2.15. The molecule has 1 aliphatic rings. The Labute approximate surface area is 119 Å². The maximum Gasteiger partial charge on any atom is 0.249 e. The standard InChI is InChI=1S/C14H23N5O/c1-4-10-11(5-2)18-19-13(16-10)17-12(20)14(6-3)7-8-15-9-14/h15H,4-9H2,1-3H3,(H,16,17,19,20). The highest BCUT2D eigenvalue weighted by atomic mass is 16.2. The second-order valence-corrected chi connectivity index (χ2v) is 5.25. The zero-order valence-corrected chi connectivity index (χ0v) is 12.5. The van der Waals surface area contributed by atoms with Gasteiger partial charge in [0.05, 0.1) is 16.8 Å². The summed E-state index contributed by atoms with van der Waals surface area (Å²) in [4.78, 5) is 16.9.